The lowest BCUT2D eigenvalue weighted by Crippen LogP contribution is -2.21. The van der Waals surface area contributed by atoms with Gasteiger partial charge in [0, 0.05) is 0 Å². The fraction of sp³-hybridized carbons (Fsp3) is 0.273. The van der Waals surface area contributed by atoms with Crippen molar-refractivity contribution >= 4 is 11.9 Å². The Labute approximate surface area is 86.2 Å². The van der Waals surface area contributed by atoms with Gasteiger partial charge in [-0.2, -0.15) is 0 Å². The minimum Gasteiger partial charge on any atom is -0.478 e. The van der Waals surface area contributed by atoms with E-state index in [9.17, 15) is 9.59 Å². The van der Waals surface area contributed by atoms with Crippen molar-refractivity contribution in [3.05, 3.63) is 33.9 Å². The molecular weight excluding hydrogens is 196 g/mol. The number of rotatable bonds is 2. The van der Waals surface area contributed by atoms with E-state index in [0.29, 0.717) is 29.5 Å². The molecule has 0 spiro atoms. The quantitative estimate of drug-likeness (QED) is 0.768. The molecule has 4 nitrogen and oxygen atoms in total. The third kappa shape index (κ3) is 1.29. The lowest BCUT2D eigenvalue weighted by Gasteiger charge is -2.24. The molecule has 0 saturated carbocycles. The first-order chi connectivity index (χ1) is 7.02. The number of fused-ring (bicyclic) bond motifs is 1. The summed E-state index contributed by atoms with van der Waals surface area (Å²) in [6.07, 6.45) is 1.33. The number of aryl methyl sites for hydroxylation is 1. The van der Waals surface area contributed by atoms with Gasteiger partial charge in [0.05, 0.1) is 11.1 Å². The van der Waals surface area contributed by atoms with Crippen molar-refractivity contribution in [3.8, 4) is 0 Å². The van der Waals surface area contributed by atoms with Crippen LogP contribution in [0.15, 0.2) is 6.07 Å². The van der Waals surface area contributed by atoms with E-state index in [-0.39, 0.29) is 11.1 Å². The van der Waals surface area contributed by atoms with Crippen molar-refractivity contribution in [3.63, 3.8) is 0 Å². The Morgan fingerprint density at radius 3 is 2.13 bits per heavy atom. The predicted molar refractivity (Wildman–Crippen MR) is 52.5 cm³/mol. The Morgan fingerprint density at radius 1 is 1.13 bits per heavy atom. The molecule has 2 rings (SSSR count). The highest BCUT2D eigenvalue weighted by Crippen LogP contribution is 2.32. The zero-order valence-corrected chi connectivity index (χ0v) is 8.20. The molecule has 0 unspecified atom stereocenters. The van der Waals surface area contributed by atoms with Gasteiger partial charge < -0.3 is 10.2 Å². The topological polar surface area (TPSA) is 74.6 Å². The van der Waals surface area contributed by atoms with Crippen LogP contribution in [0.2, 0.25) is 0 Å². The van der Waals surface area contributed by atoms with Gasteiger partial charge in [-0.3, -0.25) is 0 Å². The summed E-state index contributed by atoms with van der Waals surface area (Å²) in [5.41, 5.74) is 2.43. The summed E-state index contributed by atoms with van der Waals surface area (Å²) in [5.74, 6) is -1.95. The SMILES string of the molecule is Cc1cc(C(=O)O)c2c(c1C(=O)O)CC2. The largest absolute Gasteiger partial charge is 0.478 e. The van der Waals surface area contributed by atoms with Crippen molar-refractivity contribution < 1.29 is 19.8 Å². The second kappa shape index (κ2) is 3.08. The summed E-state index contributed by atoms with van der Waals surface area (Å²) in [4.78, 5) is 21.9. The molecule has 1 aliphatic carbocycles. The second-order valence-corrected chi connectivity index (χ2v) is 3.68. The van der Waals surface area contributed by atoms with Gasteiger partial charge >= 0.3 is 11.9 Å². The van der Waals surface area contributed by atoms with Crippen LogP contribution in [0, 0.1) is 6.92 Å². The summed E-state index contributed by atoms with van der Waals surface area (Å²) in [6.45, 7) is 1.63. The van der Waals surface area contributed by atoms with Crippen LogP contribution in [0.1, 0.15) is 37.4 Å². The van der Waals surface area contributed by atoms with Crippen LogP contribution in [0.4, 0.5) is 0 Å². The molecule has 2 N–H and O–H groups in total. The summed E-state index contributed by atoms with van der Waals surface area (Å²) in [5, 5.41) is 17.9. The monoisotopic (exact) mass is 206 g/mol. The summed E-state index contributed by atoms with van der Waals surface area (Å²) >= 11 is 0. The van der Waals surface area contributed by atoms with Gasteiger partial charge in [0.15, 0.2) is 0 Å². The predicted octanol–water partition coefficient (Wildman–Crippen LogP) is 1.49. The first-order valence-corrected chi connectivity index (χ1v) is 4.64. The van der Waals surface area contributed by atoms with E-state index < -0.39 is 11.9 Å². The number of hydrogen-bond donors (Lipinski definition) is 2. The smallest absolute Gasteiger partial charge is 0.336 e. The molecule has 15 heavy (non-hydrogen) atoms. The minimum absolute atomic E-state index is 0.249. The van der Waals surface area contributed by atoms with Crippen LogP contribution in [0.25, 0.3) is 0 Å². The number of benzene rings is 1. The Balaban J connectivity index is 2.70. The molecule has 0 bridgehead atoms. The molecule has 4 heteroatoms. The van der Waals surface area contributed by atoms with Crippen molar-refractivity contribution in [1.29, 1.82) is 0 Å². The second-order valence-electron chi connectivity index (χ2n) is 3.68. The number of carboxylic acids is 2. The maximum Gasteiger partial charge on any atom is 0.336 e. The third-order valence-corrected chi connectivity index (χ3v) is 2.82. The van der Waals surface area contributed by atoms with Crippen molar-refractivity contribution in [2.45, 2.75) is 19.8 Å². The van der Waals surface area contributed by atoms with Crippen molar-refractivity contribution in [2.24, 2.45) is 0 Å². The van der Waals surface area contributed by atoms with Crippen molar-refractivity contribution in [2.75, 3.05) is 0 Å². The lowest BCUT2D eigenvalue weighted by molar-refractivity contribution is 0.0676. The highest BCUT2D eigenvalue weighted by Gasteiger charge is 2.28. The molecule has 0 atom stereocenters. The van der Waals surface area contributed by atoms with Crippen LogP contribution in [0.3, 0.4) is 0 Å². The van der Waals surface area contributed by atoms with Gasteiger partial charge in [-0.05, 0) is 42.5 Å². The van der Waals surface area contributed by atoms with E-state index >= 15 is 0 Å². The first kappa shape index (κ1) is 9.71. The number of hydrogen-bond acceptors (Lipinski definition) is 2. The normalized spacial score (nSPS) is 12.9. The molecule has 1 aromatic carbocycles. The average Bonchev–Trinajstić information content (AvgIpc) is 2.08. The van der Waals surface area contributed by atoms with E-state index in [1.165, 1.54) is 6.07 Å². The van der Waals surface area contributed by atoms with E-state index in [4.69, 9.17) is 10.2 Å². The van der Waals surface area contributed by atoms with Crippen LogP contribution in [-0.4, -0.2) is 22.2 Å². The molecule has 0 aromatic heterocycles. The molecule has 78 valence electrons. The molecule has 0 saturated heterocycles. The van der Waals surface area contributed by atoms with E-state index in [2.05, 4.69) is 0 Å². The van der Waals surface area contributed by atoms with Crippen molar-refractivity contribution in [1.82, 2.24) is 0 Å². The Kier molecular flexibility index (Phi) is 2.00. The number of carbonyl (C=O) groups is 2. The molecule has 0 fully saturated rings. The Bertz CT molecular complexity index is 474. The molecule has 1 aromatic rings. The van der Waals surface area contributed by atoms with Gasteiger partial charge in [0.1, 0.15) is 0 Å². The maximum atomic E-state index is 11.0. The molecule has 0 radical (unpaired) electrons. The fourth-order valence-electron chi connectivity index (χ4n) is 2.05. The Morgan fingerprint density at radius 2 is 1.73 bits per heavy atom. The fourth-order valence-corrected chi connectivity index (χ4v) is 2.05. The van der Waals surface area contributed by atoms with Crippen LogP contribution in [-0.2, 0) is 12.8 Å². The standard InChI is InChI=1S/C11H10O4/c1-5-4-8(10(12)13)6-2-3-7(6)9(5)11(14)15/h4H,2-3H2,1H3,(H,12,13)(H,14,15). The van der Waals surface area contributed by atoms with E-state index in [0.717, 1.165) is 0 Å². The van der Waals surface area contributed by atoms with Gasteiger partial charge in [0.2, 0.25) is 0 Å². The van der Waals surface area contributed by atoms with Gasteiger partial charge in [0.25, 0.3) is 0 Å². The zero-order chi connectivity index (χ0) is 11.2. The van der Waals surface area contributed by atoms with E-state index in [1.54, 1.807) is 6.92 Å². The summed E-state index contributed by atoms with van der Waals surface area (Å²) < 4.78 is 0. The van der Waals surface area contributed by atoms with Crippen LogP contribution >= 0.6 is 0 Å². The molecular formula is C11H10O4. The van der Waals surface area contributed by atoms with Gasteiger partial charge in [-0.25, -0.2) is 9.59 Å². The van der Waals surface area contributed by atoms with Crippen LogP contribution in [0.5, 0.6) is 0 Å². The highest BCUT2D eigenvalue weighted by molar-refractivity contribution is 5.97. The third-order valence-electron chi connectivity index (χ3n) is 2.82. The Hall–Kier alpha value is -1.84. The number of aromatic carboxylic acids is 2. The molecule has 1 aliphatic rings. The molecule has 0 aliphatic heterocycles. The minimum atomic E-state index is -0.981. The van der Waals surface area contributed by atoms with Crippen LogP contribution < -0.4 is 0 Å². The van der Waals surface area contributed by atoms with Gasteiger partial charge in [-0.1, -0.05) is 0 Å². The van der Waals surface area contributed by atoms with Gasteiger partial charge in [-0.15, -0.1) is 0 Å². The maximum absolute atomic E-state index is 11.0. The first-order valence-electron chi connectivity index (χ1n) is 4.64. The van der Waals surface area contributed by atoms with E-state index in [1.807, 2.05) is 0 Å². The number of carboxylic acid groups (broad SMARTS) is 2. The average molecular weight is 206 g/mol. The summed E-state index contributed by atoms with van der Waals surface area (Å²) in [7, 11) is 0. The zero-order valence-electron chi connectivity index (χ0n) is 8.20. The molecule has 0 heterocycles. The summed E-state index contributed by atoms with van der Waals surface area (Å²) in [6, 6.07) is 1.45. The lowest BCUT2D eigenvalue weighted by atomic mass is 9.79. The highest BCUT2D eigenvalue weighted by atomic mass is 16.4. The molecule has 0 amide bonds.